The first kappa shape index (κ1) is 34.7. The lowest BCUT2D eigenvalue weighted by atomic mass is 9.43. The Morgan fingerprint density at radius 1 is 0.940 bits per heavy atom. The maximum atomic E-state index is 14.2. The first-order valence-electron chi connectivity index (χ1n) is 17.0. The van der Waals surface area contributed by atoms with Crippen LogP contribution in [0.15, 0.2) is 48.5 Å². The number of amides is 7. The molecule has 0 aromatic heterocycles. The van der Waals surface area contributed by atoms with Crippen molar-refractivity contribution < 1.29 is 38.7 Å². The zero-order valence-corrected chi connectivity index (χ0v) is 28.1. The summed E-state index contributed by atoms with van der Waals surface area (Å²) in [6.07, 6.45) is 2.84. The van der Waals surface area contributed by atoms with Crippen LogP contribution in [0.5, 0.6) is 0 Å². The Labute approximate surface area is 289 Å². The largest absolute Gasteiger partial charge is 0.481 e. The summed E-state index contributed by atoms with van der Waals surface area (Å²) < 4.78 is 0. The number of hydrogen-bond acceptors (Lipinski definition) is 8. The highest BCUT2D eigenvalue weighted by Crippen LogP contribution is 2.63. The van der Waals surface area contributed by atoms with E-state index in [4.69, 9.17) is 5.11 Å². The van der Waals surface area contributed by atoms with Gasteiger partial charge >= 0.3 is 18.0 Å². The van der Waals surface area contributed by atoms with Gasteiger partial charge in [0.1, 0.15) is 6.54 Å². The molecule has 264 valence electrons. The number of carboxylic acids is 1. The topological polar surface area (TPSA) is 194 Å². The maximum Gasteiger partial charge on any atom is 0.327 e. The number of carbonyl (C=O) groups excluding carboxylic acids is 6. The maximum absolute atomic E-state index is 14.2. The number of benzene rings is 2. The molecule has 14 heteroatoms. The average molecular weight is 687 g/mol. The number of imide groups is 2. The number of Topliss-reactive ketones (excluding diaryl/α,β-unsaturated/α-hetero) is 1. The Hall–Kier alpha value is -5.11. The predicted octanol–water partition coefficient (Wildman–Crippen LogP) is 3.12. The van der Waals surface area contributed by atoms with Crippen molar-refractivity contribution in [3.63, 3.8) is 0 Å². The van der Waals surface area contributed by atoms with Crippen molar-refractivity contribution >= 4 is 52.9 Å². The van der Waals surface area contributed by atoms with Crippen LogP contribution in [0.25, 0.3) is 0 Å². The van der Waals surface area contributed by atoms with Gasteiger partial charge in [-0.15, -0.1) is 0 Å². The number of hydrogen-bond donors (Lipinski definition) is 5. The predicted molar refractivity (Wildman–Crippen MR) is 181 cm³/mol. The molecule has 1 saturated heterocycles. The van der Waals surface area contributed by atoms with Crippen molar-refractivity contribution in [2.45, 2.75) is 58.0 Å². The zero-order valence-electron chi connectivity index (χ0n) is 28.1. The van der Waals surface area contributed by atoms with E-state index in [1.807, 2.05) is 25.1 Å². The summed E-state index contributed by atoms with van der Waals surface area (Å²) in [4.78, 5) is 93.4. The molecule has 7 amide bonds. The highest BCUT2D eigenvalue weighted by Gasteiger charge is 2.63. The van der Waals surface area contributed by atoms with Gasteiger partial charge in [-0.05, 0) is 93.2 Å². The van der Waals surface area contributed by atoms with Crippen molar-refractivity contribution in [1.82, 2.24) is 20.4 Å². The van der Waals surface area contributed by atoms with Gasteiger partial charge in [-0.25, -0.2) is 9.59 Å². The number of carbonyl (C=O) groups is 7. The van der Waals surface area contributed by atoms with Gasteiger partial charge in [0.05, 0.1) is 24.9 Å². The fraction of sp³-hybridized carbons (Fsp3) is 0.472. The highest BCUT2D eigenvalue weighted by atomic mass is 16.4. The molecule has 0 spiro atoms. The molecule has 50 heavy (non-hydrogen) atoms. The minimum atomic E-state index is -1.20. The number of ketones is 1. The SMILES string of the molecule is CN[C@@H](CC(=O)O)C(=O)NC(=O)C1C2CC3CC(C2)CC1(C(=O)CN1C(=O)CN(Cc2ccc(NC(=O)Nc4ccccc4C)cc2)C1=O)C3. The molecule has 5 aliphatic rings. The second-order valence-electron chi connectivity index (χ2n) is 14.2. The molecule has 14 nitrogen and oxygen atoms in total. The van der Waals surface area contributed by atoms with Crippen molar-refractivity contribution in [2.75, 3.05) is 30.8 Å². The van der Waals surface area contributed by atoms with Crippen LogP contribution in [0.2, 0.25) is 0 Å². The number of carboxylic acid groups (broad SMARTS) is 1. The molecule has 0 radical (unpaired) electrons. The first-order chi connectivity index (χ1) is 23.9. The van der Waals surface area contributed by atoms with Crippen LogP contribution in [-0.2, 0) is 30.5 Å². The smallest absolute Gasteiger partial charge is 0.327 e. The zero-order chi connectivity index (χ0) is 35.7. The fourth-order valence-corrected chi connectivity index (χ4v) is 8.78. The molecule has 4 atom stereocenters. The van der Waals surface area contributed by atoms with E-state index < -0.39 is 66.1 Å². The van der Waals surface area contributed by atoms with Gasteiger partial charge < -0.3 is 26.0 Å². The van der Waals surface area contributed by atoms with E-state index >= 15 is 0 Å². The third-order valence-electron chi connectivity index (χ3n) is 10.8. The first-order valence-corrected chi connectivity index (χ1v) is 17.0. The van der Waals surface area contributed by atoms with Gasteiger partial charge in [-0.2, -0.15) is 0 Å². The van der Waals surface area contributed by atoms with Crippen LogP contribution in [-0.4, -0.2) is 82.6 Å². The number of likely N-dealkylation sites (N-methyl/N-ethyl adjacent to an activating group) is 1. The molecular weight excluding hydrogens is 644 g/mol. The summed E-state index contributed by atoms with van der Waals surface area (Å²) in [6.45, 7) is 1.33. The van der Waals surface area contributed by atoms with Crippen molar-refractivity contribution in [2.24, 2.45) is 29.1 Å². The molecule has 5 N–H and O–H groups in total. The van der Waals surface area contributed by atoms with Gasteiger partial charge in [-0.1, -0.05) is 30.3 Å². The molecule has 4 aliphatic carbocycles. The van der Waals surface area contributed by atoms with E-state index in [2.05, 4.69) is 21.3 Å². The molecule has 2 aromatic carbocycles. The summed E-state index contributed by atoms with van der Waals surface area (Å²) in [5.41, 5.74) is 1.74. The average Bonchev–Trinajstić information content (AvgIpc) is 3.32. The van der Waals surface area contributed by atoms with Crippen molar-refractivity contribution in [1.29, 1.82) is 0 Å². The fourth-order valence-electron chi connectivity index (χ4n) is 8.78. The minimum absolute atomic E-state index is 0.110. The Morgan fingerprint density at radius 3 is 2.26 bits per heavy atom. The van der Waals surface area contributed by atoms with E-state index in [0.29, 0.717) is 24.2 Å². The summed E-state index contributed by atoms with van der Waals surface area (Å²) in [6, 6.07) is 12.1. The molecule has 3 unspecified atom stereocenters. The van der Waals surface area contributed by atoms with E-state index in [9.17, 15) is 33.6 Å². The number of nitrogens with one attached hydrogen (secondary N) is 4. The molecular formula is C36H42N6O8. The van der Waals surface area contributed by atoms with Crippen molar-refractivity contribution in [3.05, 3.63) is 59.7 Å². The van der Waals surface area contributed by atoms with Crippen LogP contribution in [0.4, 0.5) is 21.0 Å². The molecule has 5 fully saturated rings. The van der Waals surface area contributed by atoms with E-state index in [-0.39, 0.29) is 36.6 Å². The van der Waals surface area contributed by atoms with Crippen molar-refractivity contribution in [3.8, 4) is 0 Å². The van der Waals surface area contributed by atoms with Crippen LogP contribution in [0, 0.1) is 36.0 Å². The summed E-state index contributed by atoms with van der Waals surface area (Å²) in [5.74, 6) is -3.92. The molecule has 4 bridgehead atoms. The summed E-state index contributed by atoms with van der Waals surface area (Å²) in [7, 11) is 1.43. The van der Waals surface area contributed by atoms with Gasteiger partial charge in [0, 0.05) is 23.3 Å². The number of aliphatic carboxylic acids is 1. The monoisotopic (exact) mass is 686 g/mol. The Balaban J connectivity index is 1.10. The Kier molecular flexibility index (Phi) is 9.74. The number of nitrogens with zero attached hydrogens (tertiary/aromatic N) is 2. The van der Waals surface area contributed by atoms with Gasteiger partial charge in [0.2, 0.25) is 11.8 Å². The molecule has 1 heterocycles. The molecule has 2 aromatic rings. The molecule has 1 aliphatic heterocycles. The standard InChI is InChI=1S/C36H42N6O8/c1-20-5-3-4-6-26(20)39-34(49)38-25-9-7-21(8-10-25)17-41-19-29(44)42(35(41)50)18-28(43)36-15-22-11-23(16-36)13-24(12-22)31(36)33(48)40-32(47)27(37-2)14-30(45)46/h3-10,22-24,27,31,37H,11-19H2,1-2H3,(H,45,46)(H2,38,39,49)(H,40,47,48)/t22?,23?,24?,27-,31?,36?/m0/s1. The lowest BCUT2D eigenvalue weighted by Crippen LogP contribution is -2.63. The second kappa shape index (κ2) is 14.0. The molecule has 4 saturated carbocycles. The minimum Gasteiger partial charge on any atom is -0.481 e. The second-order valence-corrected chi connectivity index (χ2v) is 14.2. The van der Waals surface area contributed by atoms with Gasteiger partial charge in [0.15, 0.2) is 5.78 Å². The third kappa shape index (κ3) is 6.97. The van der Waals surface area contributed by atoms with Gasteiger partial charge in [-0.3, -0.25) is 34.2 Å². The number of anilines is 2. The number of rotatable bonds is 12. The van der Waals surface area contributed by atoms with Crippen LogP contribution in [0.3, 0.4) is 0 Å². The normalized spacial score (nSPS) is 25.7. The summed E-state index contributed by atoms with van der Waals surface area (Å²) in [5, 5.41) is 19.7. The van der Waals surface area contributed by atoms with E-state index in [0.717, 1.165) is 35.3 Å². The number of para-hydroxylation sites is 1. The van der Waals surface area contributed by atoms with Gasteiger partial charge in [0.25, 0.3) is 5.91 Å². The lowest BCUT2D eigenvalue weighted by molar-refractivity contribution is -0.168. The van der Waals surface area contributed by atoms with E-state index in [1.165, 1.54) is 11.9 Å². The highest BCUT2D eigenvalue weighted by molar-refractivity contribution is 6.07. The number of urea groups is 2. The third-order valence-corrected chi connectivity index (χ3v) is 10.8. The lowest BCUT2D eigenvalue weighted by Gasteiger charge is -2.59. The quantitative estimate of drug-likeness (QED) is 0.209. The van der Waals surface area contributed by atoms with Crippen LogP contribution in [0.1, 0.15) is 49.7 Å². The Bertz CT molecular complexity index is 1710. The number of aryl methyl sites for hydroxylation is 1. The van der Waals surface area contributed by atoms with E-state index in [1.54, 1.807) is 30.3 Å². The Morgan fingerprint density at radius 2 is 1.62 bits per heavy atom. The van der Waals surface area contributed by atoms with Crippen LogP contribution >= 0.6 is 0 Å². The molecule has 7 rings (SSSR count). The van der Waals surface area contributed by atoms with Crippen LogP contribution < -0.4 is 21.3 Å². The summed E-state index contributed by atoms with van der Waals surface area (Å²) >= 11 is 0.